The number of hydrogen-bond acceptors (Lipinski definition) is 7. The lowest BCUT2D eigenvalue weighted by atomic mass is 9.96. The van der Waals surface area contributed by atoms with E-state index in [1.165, 1.54) is 0 Å². The lowest BCUT2D eigenvalue weighted by molar-refractivity contribution is -0.126. The van der Waals surface area contributed by atoms with E-state index in [-0.39, 0.29) is 16.7 Å². The summed E-state index contributed by atoms with van der Waals surface area (Å²) >= 11 is 0. The number of carbonyl (C=O) groups excluding carboxylic acids is 1. The van der Waals surface area contributed by atoms with Gasteiger partial charge in [0.25, 0.3) is 10.0 Å². The van der Waals surface area contributed by atoms with Crippen LogP contribution in [0.2, 0.25) is 0 Å². The summed E-state index contributed by atoms with van der Waals surface area (Å²) in [5.41, 5.74) is 1.47. The third kappa shape index (κ3) is 4.91. The van der Waals surface area contributed by atoms with Gasteiger partial charge in [-0.05, 0) is 30.5 Å². The van der Waals surface area contributed by atoms with Crippen molar-refractivity contribution in [3.63, 3.8) is 0 Å². The maximum Gasteiger partial charge on any atom is 0.285 e. The van der Waals surface area contributed by atoms with Gasteiger partial charge in [0, 0.05) is 44.6 Å². The number of pyridine rings is 1. The minimum atomic E-state index is -3.68. The van der Waals surface area contributed by atoms with Gasteiger partial charge in [0.05, 0.1) is 12.5 Å². The molecule has 1 aromatic carbocycles. The molecule has 1 atom stereocenters. The number of methoxy groups -OCH3 is 1. The highest BCUT2D eigenvalue weighted by molar-refractivity contribution is 7.90. The molecule has 2 aromatic rings. The van der Waals surface area contributed by atoms with E-state index in [9.17, 15) is 13.2 Å². The van der Waals surface area contributed by atoms with Crippen LogP contribution in [0.25, 0.3) is 0 Å². The number of amides is 1. The fraction of sp³-hybridized carbons (Fsp3) is 0.409. The number of sulfonamides is 1. The lowest BCUT2D eigenvalue weighted by Gasteiger charge is -2.33. The van der Waals surface area contributed by atoms with Gasteiger partial charge < -0.3 is 19.7 Å². The molecule has 1 aromatic heterocycles. The Hall–Kier alpha value is -2.98. The number of amidine groups is 1. The molecule has 1 saturated heterocycles. The highest BCUT2D eigenvalue weighted by Gasteiger charge is 2.35. The molecule has 1 fully saturated rings. The smallest absolute Gasteiger partial charge is 0.285 e. The Morgan fingerprint density at radius 1 is 1.22 bits per heavy atom. The molecule has 1 amide bonds. The number of ether oxygens (including phenoxy) is 2. The molecule has 32 heavy (non-hydrogen) atoms. The van der Waals surface area contributed by atoms with Crippen molar-refractivity contribution in [1.29, 1.82) is 0 Å². The summed E-state index contributed by atoms with van der Waals surface area (Å²) < 4.78 is 39.1. The van der Waals surface area contributed by atoms with E-state index in [4.69, 9.17) is 9.47 Å². The summed E-state index contributed by atoms with van der Waals surface area (Å²) in [5.74, 6) is 0.635. The predicted molar refractivity (Wildman–Crippen MR) is 118 cm³/mol. The molecule has 0 bridgehead atoms. The number of aromatic nitrogens is 1. The Balaban J connectivity index is 1.34. The van der Waals surface area contributed by atoms with Gasteiger partial charge in [-0.3, -0.25) is 4.79 Å². The summed E-state index contributed by atoms with van der Waals surface area (Å²) in [7, 11) is -2.07. The average Bonchev–Trinajstić information content (AvgIpc) is 3.10. The summed E-state index contributed by atoms with van der Waals surface area (Å²) in [4.78, 5) is 19.2. The quantitative estimate of drug-likeness (QED) is 0.627. The summed E-state index contributed by atoms with van der Waals surface area (Å²) in [6.45, 7) is 2.37. The zero-order valence-corrected chi connectivity index (χ0v) is 18.7. The van der Waals surface area contributed by atoms with Gasteiger partial charge in [-0.25, -0.2) is 4.98 Å². The standard InChI is InChI=1S/C22H26N4O5S/c1-30-11-12-31-20-9-8-16(13-23-20)14-24-22(27)17-5-4-10-26(15-17)21-18-6-2-3-7-19(18)32(28,29)25-21/h2-3,6-9,13,17H,4-5,10-12,14-15H2,1H3,(H,24,27). The molecule has 2 aliphatic heterocycles. The van der Waals surface area contributed by atoms with Crippen molar-refractivity contribution in [2.24, 2.45) is 10.3 Å². The van der Waals surface area contributed by atoms with Gasteiger partial charge in [0.15, 0.2) is 5.84 Å². The Kier molecular flexibility index (Phi) is 6.71. The number of likely N-dealkylation sites (tertiary alicyclic amines) is 1. The van der Waals surface area contributed by atoms with E-state index in [2.05, 4.69) is 14.7 Å². The third-order valence-corrected chi connectivity index (χ3v) is 6.83. The zero-order chi connectivity index (χ0) is 22.6. The van der Waals surface area contributed by atoms with Crippen LogP contribution in [0.3, 0.4) is 0 Å². The number of nitrogens with one attached hydrogen (secondary N) is 1. The number of hydrogen-bond donors (Lipinski definition) is 1. The predicted octanol–water partition coefficient (Wildman–Crippen LogP) is 1.58. The van der Waals surface area contributed by atoms with Gasteiger partial charge in [-0.15, -0.1) is 4.40 Å². The van der Waals surface area contributed by atoms with E-state index >= 15 is 0 Å². The van der Waals surface area contributed by atoms with Crippen LogP contribution >= 0.6 is 0 Å². The van der Waals surface area contributed by atoms with Crippen molar-refractivity contribution in [3.05, 3.63) is 53.7 Å². The molecule has 2 aliphatic rings. The number of piperidine rings is 1. The number of benzene rings is 1. The second-order valence-electron chi connectivity index (χ2n) is 7.74. The number of fused-ring (bicyclic) bond motifs is 1. The van der Waals surface area contributed by atoms with Crippen molar-refractivity contribution >= 4 is 21.8 Å². The average molecular weight is 459 g/mol. The molecule has 10 heteroatoms. The zero-order valence-electron chi connectivity index (χ0n) is 17.9. The second kappa shape index (κ2) is 9.66. The number of nitrogens with zero attached hydrogens (tertiary/aromatic N) is 3. The maximum absolute atomic E-state index is 12.8. The molecule has 1 N–H and O–H groups in total. The van der Waals surface area contributed by atoms with E-state index < -0.39 is 10.0 Å². The molecule has 9 nitrogen and oxygen atoms in total. The molecule has 0 radical (unpaired) electrons. The molecule has 0 spiro atoms. The van der Waals surface area contributed by atoms with Crippen LogP contribution in [-0.2, 0) is 26.1 Å². The first kappa shape index (κ1) is 22.2. The number of rotatable bonds is 7. The Morgan fingerprint density at radius 2 is 2.06 bits per heavy atom. The van der Waals surface area contributed by atoms with Crippen LogP contribution in [0.4, 0.5) is 0 Å². The molecule has 170 valence electrons. The van der Waals surface area contributed by atoms with Crippen LogP contribution in [0.1, 0.15) is 24.0 Å². The first-order chi connectivity index (χ1) is 15.5. The summed E-state index contributed by atoms with van der Waals surface area (Å²) in [5, 5.41) is 2.96. The van der Waals surface area contributed by atoms with E-state index in [1.54, 1.807) is 43.6 Å². The monoisotopic (exact) mass is 458 g/mol. The normalized spacial score (nSPS) is 19.2. The van der Waals surface area contributed by atoms with Gasteiger partial charge in [0.2, 0.25) is 11.8 Å². The van der Waals surface area contributed by atoms with Crippen LogP contribution in [0.15, 0.2) is 51.9 Å². The fourth-order valence-electron chi connectivity index (χ4n) is 3.86. The van der Waals surface area contributed by atoms with E-state index in [0.29, 0.717) is 50.1 Å². The fourth-order valence-corrected chi connectivity index (χ4v) is 5.09. The minimum absolute atomic E-state index is 0.0649. The first-order valence-electron chi connectivity index (χ1n) is 10.5. The molecule has 0 aliphatic carbocycles. The van der Waals surface area contributed by atoms with Gasteiger partial charge in [-0.1, -0.05) is 18.2 Å². The first-order valence-corrected chi connectivity index (χ1v) is 12.0. The summed E-state index contributed by atoms with van der Waals surface area (Å²) in [6, 6.07) is 10.4. The van der Waals surface area contributed by atoms with Crippen LogP contribution in [-0.4, -0.2) is 63.5 Å². The van der Waals surface area contributed by atoms with Gasteiger partial charge in [0.1, 0.15) is 11.5 Å². The number of carbonyl (C=O) groups is 1. The van der Waals surface area contributed by atoms with Crippen LogP contribution in [0.5, 0.6) is 5.88 Å². The molecule has 1 unspecified atom stereocenters. The van der Waals surface area contributed by atoms with Crippen LogP contribution in [0, 0.1) is 5.92 Å². The minimum Gasteiger partial charge on any atom is -0.475 e. The SMILES string of the molecule is COCCOc1ccc(CNC(=O)C2CCCN(C3=NS(=O)(=O)c4ccccc43)C2)cn1. The van der Waals surface area contributed by atoms with Crippen LogP contribution < -0.4 is 10.1 Å². The van der Waals surface area contributed by atoms with Gasteiger partial charge >= 0.3 is 0 Å². The van der Waals surface area contributed by atoms with Crippen molar-refractivity contribution in [2.45, 2.75) is 24.3 Å². The Morgan fingerprint density at radius 3 is 2.84 bits per heavy atom. The highest BCUT2D eigenvalue weighted by atomic mass is 32.2. The third-order valence-electron chi connectivity index (χ3n) is 5.51. The Bertz CT molecular complexity index is 1100. The van der Waals surface area contributed by atoms with E-state index in [0.717, 1.165) is 18.4 Å². The second-order valence-corrected chi connectivity index (χ2v) is 9.31. The summed E-state index contributed by atoms with van der Waals surface area (Å²) in [6.07, 6.45) is 3.20. The van der Waals surface area contributed by atoms with Gasteiger partial charge in [-0.2, -0.15) is 8.42 Å². The van der Waals surface area contributed by atoms with Crippen molar-refractivity contribution < 1.29 is 22.7 Å². The molecule has 3 heterocycles. The molecular formula is C22H26N4O5S. The van der Waals surface area contributed by atoms with Crippen molar-refractivity contribution in [3.8, 4) is 5.88 Å². The molecular weight excluding hydrogens is 432 g/mol. The molecule has 4 rings (SSSR count). The molecule has 0 saturated carbocycles. The van der Waals surface area contributed by atoms with Crippen molar-refractivity contribution in [1.82, 2.24) is 15.2 Å². The Labute approximate surface area is 187 Å². The largest absolute Gasteiger partial charge is 0.475 e. The highest BCUT2D eigenvalue weighted by Crippen LogP contribution is 2.29. The maximum atomic E-state index is 12.8. The van der Waals surface area contributed by atoms with Crippen molar-refractivity contribution in [2.75, 3.05) is 33.4 Å². The topological polar surface area (TPSA) is 110 Å². The lowest BCUT2D eigenvalue weighted by Crippen LogP contribution is -2.45. The van der Waals surface area contributed by atoms with E-state index in [1.807, 2.05) is 11.0 Å².